The van der Waals surface area contributed by atoms with Crippen molar-refractivity contribution in [1.82, 2.24) is 5.32 Å². The van der Waals surface area contributed by atoms with Crippen LogP contribution in [0.4, 0.5) is 14.9 Å². The van der Waals surface area contributed by atoms with E-state index in [1.807, 2.05) is 19.9 Å². The molecule has 4 rings (SSSR count). The van der Waals surface area contributed by atoms with E-state index in [0.29, 0.717) is 17.0 Å². The van der Waals surface area contributed by atoms with E-state index in [-0.39, 0.29) is 18.0 Å². The molecule has 6 nitrogen and oxygen atoms in total. The van der Waals surface area contributed by atoms with Crippen molar-refractivity contribution in [3.05, 3.63) is 100 Å². The number of halogens is 1. The summed E-state index contributed by atoms with van der Waals surface area (Å²) in [6, 6.07) is 17.4. The van der Waals surface area contributed by atoms with Gasteiger partial charge in [-0.2, -0.15) is 0 Å². The second kappa shape index (κ2) is 9.08. The molecule has 0 aliphatic carbocycles. The van der Waals surface area contributed by atoms with Gasteiger partial charge in [0.15, 0.2) is 0 Å². The number of nitrogens with zero attached hydrogens (tertiary/aromatic N) is 1. The summed E-state index contributed by atoms with van der Waals surface area (Å²) >= 11 is 0. The smallest absolute Gasteiger partial charge is 0.335 e. The van der Waals surface area contributed by atoms with Gasteiger partial charge in [-0.15, -0.1) is 0 Å². The molecule has 3 aromatic carbocycles. The second-order valence-electron chi connectivity index (χ2n) is 7.66. The van der Waals surface area contributed by atoms with Crippen molar-refractivity contribution in [3.63, 3.8) is 0 Å². The van der Waals surface area contributed by atoms with Crippen LogP contribution in [0.25, 0.3) is 6.08 Å². The number of amides is 4. The first-order chi connectivity index (χ1) is 15.8. The third-order valence-corrected chi connectivity index (χ3v) is 5.43. The fraction of sp³-hybridized carbons (Fsp3) is 0.115. The highest BCUT2D eigenvalue weighted by Gasteiger charge is 2.37. The molecule has 33 heavy (non-hydrogen) atoms. The van der Waals surface area contributed by atoms with E-state index >= 15 is 0 Å². The number of aryl methyl sites for hydroxylation is 1. The molecular weight excluding hydrogens is 423 g/mol. The summed E-state index contributed by atoms with van der Waals surface area (Å²) < 4.78 is 18.7. The molecule has 0 radical (unpaired) electrons. The van der Waals surface area contributed by atoms with Crippen LogP contribution in [-0.2, 0) is 16.2 Å². The maximum atomic E-state index is 13.1. The van der Waals surface area contributed by atoms with Gasteiger partial charge in [-0.05, 0) is 72.5 Å². The van der Waals surface area contributed by atoms with Gasteiger partial charge in [0, 0.05) is 0 Å². The molecule has 7 heteroatoms. The third kappa shape index (κ3) is 4.67. The Labute approximate surface area is 190 Å². The van der Waals surface area contributed by atoms with Gasteiger partial charge in [-0.3, -0.25) is 14.9 Å². The lowest BCUT2D eigenvalue weighted by Gasteiger charge is -2.28. The standard InChI is InChI=1S/C26H21FN2O4/c1-16-4-3-5-23(17(16)2)29-25(31)22(24(30)28-26(29)32)14-18-8-12-21(13-9-18)33-15-19-6-10-20(27)11-7-19/h3-14H,15H2,1-2H3,(H,28,30,32)/b22-14+. The van der Waals surface area contributed by atoms with Crippen molar-refractivity contribution >= 4 is 29.6 Å². The van der Waals surface area contributed by atoms with Crippen LogP contribution < -0.4 is 15.0 Å². The van der Waals surface area contributed by atoms with E-state index in [2.05, 4.69) is 5.32 Å². The summed E-state index contributed by atoms with van der Waals surface area (Å²) in [5, 5.41) is 2.24. The molecule has 1 heterocycles. The minimum Gasteiger partial charge on any atom is -0.489 e. The monoisotopic (exact) mass is 444 g/mol. The highest BCUT2D eigenvalue weighted by Crippen LogP contribution is 2.27. The van der Waals surface area contributed by atoms with E-state index in [0.717, 1.165) is 21.6 Å². The Bertz CT molecular complexity index is 1260. The molecule has 3 aromatic rings. The van der Waals surface area contributed by atoms with Crippen LogP contribution in [0.1, 0.15) is 22.3 Å². The predicted octanol–water partition coefficient (Wildman–Crippen LogP) is 4.69. The van der Waals surface area contributed by atoms with E-state index in [1.165, 1.54) is 18.2 Å². The Hall–Kier alpha value is -4.26. The number of hydrogen-bond donors (Lipinski definition) is 1. The summed E-state index contributed by atoms with van der Waals surface area (Å²) in [5.74, 6) is -1.17. The molecule has 1 fully saturated rings. The Kier molecular flexibility index (Phi) is 6.04. The average Bonchev–Trinajstić information content (AvgIpc) is 2.80. The number of barbiturate groups is 1. The Morgan fingerprint density at radius 3 is 2.33 bits per heavy atom. The fourth-order valence-electron chi connectivity index (χ4n) is 3.43. The van der Waals surface area contributed by atoms with E-state index in [1.54, 1.807) is 48.5 Å². The Morgan fingerprint density at radius 1 is 0.939 bits per heavy atom. The van der Waals surface area contributed by atoms with Gasteiger partial charge < -0.3 is 4.74 Å². The highest BCUT2D eigenvalue weighted by atomic mass is 19.1. The SMILES string of the molecule is Cc1cccc(N2C(=O)NC(=O)/C(=C\c3ccc(OCc4ccc(F)cc4)cc3)C2=O)c1C. The predicted molar refractivity (Wildman–Crippen MR) is 122 cm³/mol. The molecule has 0 bridgehead atoms. The van der Waals surface area contributed by atoms with Gasteiger partial charge in [-0.25, -0.2) is 14.1 Å². The molecule has 1 saturated heterocycles. The van der Waals surface area contributed by atoms with Crippen LogP contribution in [0, 0.1) is 19.7 Å². The van der Waals surface area contributed by atoms with Crippen LogP contribution in [-0.4, -0.2) is 17.8 Å². The van der Waals surface area contributed by atoms with Crippen molar-refractivity contribution in [2.45, 2.75) is 20.5 Å². The average molecular weight is 444 g/mol. The molecular formula is C26H21FN2O4. The van der Waals surface area contributed by atoms with Crippen LogP contribution in [0.5, 0.6) is 5.75 Å². The van der Waals surface area contributed by atoms with E-state index in [4.69, 9.17) is 4.74 Å². The zero-order valence-electron chi connectivity index (χ0n) is 18.1. The number of benzene rings is 3. The summed E-state index contributed by atoms with van der Waals surface area (Å²) in [4.78, 5) is 38.9. The number of anilines is 1. The first-order valence-electron chi connectivity index (χ1n) is 10.3. The molecule has 166 valence electrons. The van der Waals surface area contributed by atoms with Crippen molar-refractivity contribution in [2.24, 2.45) is 0 Å². The molecule has 1 aliphatic rings. The van der Waals surface area contributed by atoms with Gasteiger partial charge in [0.2, 0.25) is 0 Å². The van der Waals surface area contributed by atoms with Crippen molar-refractivity contribution in [1.29, 1.82) is 0 Å². The topological polar surface area (TPSA) is 75.7 Å². The quantitative estimate of drug-likeness (QED) is 0.458. The molecule has 0 saturated carbocycles. The van der Waals surface area contributed by atoms with Crippen LogP contribution in [0.2, 0.25) is 0 Å². The van der Waals surface area contributed by atoms with Crippen LogP contribution in [0.15, 0.2) is 72.3 Å². The van der Waals surface area contributed by atoms with E-state index < -0.39 is 17.8 Å². The number of carbonyl (C=O) groups is 3. The molecule has 0 unspecified atom stereocenters. The Balaban J connectivity index is 1.54. The summed E-state index contributed by atoms with van der Waals surface area (Å²) in [6.45, 7) is 3.97. The number of nitrogens with one attached hydrogen (secondary N) is 1. The fourth-order valence-corrected chi connectivity index (χ4v) is 3.43. The lowest BCUT2D eigenvalue weighted by molar-refractivity contribution is -0.122. The Morgan fingerprint density at radius 2 is 1.64 bits per heavy atom. The lowest BCUT2D eigenvalue weighted by atomic mass is 10.0. The number of imide groups is 2. The van der Waals surface area contributed by atoms with Crippen molar-refractivity contribution in [3.8, 4) is 5.75 Å². The first-order valence-corrected chi connectivity index (χ1v) is 10.3. The number of hydrogen-bond acceptors (Lipinski definition) is 4. The van der Waals surface area contributed by atoms with Crippen molar-refractivity contribution < 1.29 is 23.5 Å². The van der Waals surface area contributed by atoms with Gasteiger partial charge >= 0.3 is 6.03 Å². The zero-order chi connectivity index (χ0) is 23.5. The number of rotatable bonds is 5. The van der Waals surface area contributed by atoms with Gasteiger partial charge in [0.1, 0.15) is 23.7 Å². The summed E-state index contributed by atoms with van der Waals surface area (Å²) in [5.41, 5.74) is 3.40. The maximum absolute atomic E-state index is 13.1. The van der Waals surface area contributed by atoms with E-state index in [9.17, 15) is 18.8 Å². The number of ether oxygens (including phenoxy) is 1. The van der Waals surface area contributed by atoms with Gasteiger partial charge in [0.25, 0.3) is 11.8 Å². The van der Waals surface area contributed by atoms with Gasteiger partial charge in [0.05, 0.1) is 5.69 Å². The highest BCUT2D eigenvalue weighted by molar-refractivity contribution is 6.39. The summed E-state index contributed by atoms with van der Waals surface area (Å²) in [6.07, 6.45) is 1.44. The zero-order valence-corrected chi connectivity index (χ0v) is 18.1. The normalized spacial score (nSPS) is 15.1. The molecule has 0 aromatic heterocycles. The molecule has 0 atom stereocenters. The van der Waals surface area contributed by atoms with Crippen molar-refractivity contribution in [2.75, 3.05) is 4.90 Å². The molecule has 4 amide bonds. The molecule has 0 spiro atoms. The van der Waals surface area contributed by atoms with Crippen LogP contribution in [0.3, 0.4) is 0 Å². The summed E-state index contributed by atoms with van der Waals surface area (Å²) in [7, 11) is 0. The molecule has 1 N–H and O–H groups in total. The minimum atomic E-state index is -0.777. The first kappa shape index (κ1) is 22.0. The second-order valence-corrected chi connectivity index (χ2v) is 7.66. The molecule has 1 aliphatic heterocycles. The third-order valence-electron chi connectivity index (χ3n) is 5.43. The van der Waals surface area contributed by atoms with Crippen LogP contribution >= 0.6 is 0 Å². The maximum Gasteiger partial charge on any atom is 0.335 e. The number of urea groups is 1. The lowest BCUT2D eigenvalue weighted by Crippen LogP contribution is -2.54. The van der Waals surface area contributed by atoms with Gasteiger partial charge in [-0.1, -0.05) is 36.4 Å². The number of carbonyl (C=O) groups excluding carboxylic acids is 3. The minimum absolute atomic E-state index is 0.143. The largest absolute Gasteiger partial charge is 0.489 e.